The molecule has 0 spiro atoms. The Morgan fingerprint density at radius 2 is 2.10 bits per heavy atom. The molecule has 106 valence electrons. The molecule has 1 amide bonds. The molecule has 0 unspecified atom stereocenters. The minimum atomic E-state index is -0.674. The zero-order valence-corrected chi connectivity index (χ0v) is 11.5. The fraction of sp³-hybridized carbons (Fsp3) is 0.0667. The molecule has 0 saturated heterocycles. The van der Waals surface area contributed by atoms with E-state index in [1.165, 1.54) is 12.1 Å². The standard InChI is InChI=1S/C15H10ClFN2O2/c16-10-5-6-12(17)11(9-10)15(20)19-13-3-1-2-4-14(13)21-8-7-18/h1-6,9H,8H2,(H,19,20). The Morgan fingerprint density at radius 3 is 2.86 bits per heavy atom. The van der Waals surface area contributed by atoms with Gasteiger partial charge in [0.1, 0.15) is 17.6 Å². The summed E-state index contributed by atoms with van der Waals surface area (Å²) < 4.78 is 18.8. The number of nitrogens with zero attached hydrogens (tertiary/aromatic N) is 1. The molecule has 0 radical (unpaired) electrons. The maximum Gasteiger partial charge on any atom is 0.258 e. The number of amides is 1. The largest absolute Gasteiger partial charge is 0.477 e. The molecule has 0 atom stereocenters. The number of benzene rings is 2. The minimum Gasteiger partial charge on any atom is -0.477 e. The Hall–Kier alpha value is -2.58. The molecule has 0 fully saturated rings. The van der Waals surface area contributed by atoms with Gasteiger partial charge in [0.15, 0.2) is 6.61 Å². The summed E-state index contributed by atoms with van der Waals surface area (Å²) in [4.78, 5) is 12.1. The summed E-state index contributed by atoms with van der Waals surface area (Å²) in [5.41, 5.74) is 0.176. The van der Waals surface area contributed by atoms with E-state index in [1.54, 1.807) is 24.3 Å². The van der Waals surface area contributed by atoms with E-state index in [2.05, 4.69) is 5.32 Å². The third-order valence-electron chi connectivity index (χ3n) is 2.60. The van der Waals surface area contributed by atoms with Crippen LogP contribution >= 0.6 is 11.6 Å². The summed E-state index contributed by atoms with van der Waals surface area (Å²) >= 11 is 5.76. The van der Waals surface area contributed by atoms with E-state index >= 15 is 0 Å². The van der Waals surface area contributed by atoms with E-state index in [0.717, 1.165) is 6.07 Å². The van der Waals surface area contributed by atoms with E-state index in [4.69, 9.17) is 21.6 Å². The average molecular weight is 305 g/mol. The van der Waals surface area contributed by atoms with Gasteiger partial charge in [-0.15, -0.1) is 0 Å². The van der Waals surface area contributed by atoms with E-state index in [1.807, 2.05) is 6.07 Å². The van der Waals surface area contributed by atoms with Gasteiger partial charge < -0.3 is 10.1 Å². The highest BCUT2D eigenvalue weighted by atomic mass is 35.5. The third-order valence-corrected chi connectivity index (χ3v) is 2.84. The number of anilines is 1. The summed E-state index contributed by atoms with van der Waals surface area (Å²) in [6.45, 7) is -0.154. The molecule has 0 aromatic heterocycles. The molecule has 21 heavy (non-hydrogen) atoms. The number of hydrogen-bond donors (Lipinski definition) is 1. The average Bonchev–Trinajstić information content (AvgIpc) is 2.48. The van der Waals surface area contributed by atoms with Gasteiger partial charge in [0, 0.05) is 5.02 Å². The van der Waals surface area contributed by atoms with Crippen LogP contribution in [0.5, 0.6) is 5.75 Å². The van der Waals surface area contributed by atoms with Gasteiger partial charge in [-0.3, -0.25) is 4.79 Å². The second-order valence-electron chi connectivity index (χ2n) is 4.02. The zero-order chi connectivity index (χ0) is 15.2. The number of para-hydroxylation sites is 2. The number of hydrogen-bond acceptors (Lipinski definition) is 3. The predicted molar refractivity (Wildman–Crippen MR) is 76.9 cm³/mol. The van der Waals surface area contributed by atoms with Crippen molar-refractivity contribution in [3.05, 3.63) is 58.9 Å². The monoisotopic (exact) mass is 304 g/mol. The van der Waals surface area contributed by atoms with E-state index in [0.29, 0.717) is 11.4 Å². The minimum absolute atomic E-state index is 0.154. The Bertz CT molecular complexity index is 713. The van der Waals surface area contributed by atoms with Crippen LogP contribution in [0.2, 0.25) is 5.02 Å². The van der Waals surface area contributed by atoms with Gasteiger partial charge in [-0.1, -0.05) is 23.7 Å². The Balaban J connectivity index is 2.24. The molecule has 0 bridgehead atoms. The summed E-state index contributed by atoms with van der Waals surface area (Å²) in [6.07, 6.45) is 0. The second kappa shape index (κ2) is 6.73. The summed E-state index contributed by atoms with van der Waals surface area (Å²) in [6, 6.07) is 12.1. The molecule has 2 aromatic rings. The Morgan fingerprint density at radius 1 is 1.33 bits per heavy atom. The van der Waals surface area contributed by atoms with E-state index in [-0.39, 0.29) is 17.2 Å². The first kappa shape index (κ1) is 14.8. The molecular weight excluding hydrogens is 295 g/mol. The van der Waals surface area contributed by atoms with Gasteiger partial charge >= 0.3 is 0 Å². The van der Waals surface area contributed by atoms with Crippen LogP contribution < -0.4 is 10.1 Å². The lowest BCUT2D eigenvalue weighted by atomic mass is 10.2. The number of ether oxygens (including phenoxy) is 1. The second-order valence-corrected chi connectivity index (χ2v) is 4.46. The molecule has 0 heterocycles. The molecule has 0 aliphatic heterocycles. The normalized spacial score (nSPS) is 9.76. The maximum atomic E-state index is 13.6. The van der Waals surface area contributed by atoms with Crippen molar-refractivity contribution in [2.75, 3.05) is 11.9 Å². The van der Waals surface area contributed by atoms with Crippen molar-refractivity contribution in [1.29, 1.82) is 5.26 Å². The Labute approximate surface area is 125 Å². The van der Waals surface area contributed by atoms with E-state index < -0.39 is 11.7 Å². The molecule has 2 rings (SSSR count). The van der Waals surface area contributed by atoms with Crippen molar-refractivity contribution in [2.45, 2.75) is 0 Å². The highest BCUT2D eigenvalue weighted by Crippen LogP contribution is 2.25. The van der Waals surface area contributed by atoms with Gasteiger partial charge in [0.25, 0.3) is 5.91 Å². The number of carbonyl (C=O) groups excluding carboxylic acids is 1. The zero-order valence-electron chi connectivity index (χ0n) is 10.8. The van der Waals surface area contributed by atoms with Gasteiger partial charge in [0.05, 0.1) is 11.3 Å². The fourth-order valence-electron chi connectivity index (χ4n) is 1.67. The lowest BCUT2D eigenvalue weighted by molar-refractivity contribution is 0.102. The van der Waals surface area contributed by atoms with Crippen molar-refractivity contribution in [3.8, 4) is 11.8 Å². The first-order valence-corrected chi connectivity index (χ1v) is 6.35. The number of nitrogens with one attached hydrogen (secondary N) is 1. The van der Waals surface area contributed by atoms with Crippen LogP contribution in [-0.2, 0) is 0 Å². The molecule has 0 aliphatic rings. The lowest BCUT2D eigenvalue weighted by Gasteiger charge is -2.11. The molecule has 0 aliphatic carbocycles. The van der Waals surface area contributed by atoms with Crippen LogP contribution in [0, 0.1) is 17.1 Å². The van der Waals surface area contributed by atoms with Crippen molar-refractivity contribution in [2.24, 2.45) is 0 Å². The number of carbonyl (C=O) groups is 1. The van der Waals surface area contributed by atoms with Gasteiger partial charge in [-0.05, 0) is 30.3 Å². The van der Waals surface area contributed by atoms with Crippen molar-refractivity contribution >= 4 is 23.2 Å². The molecular formula is C15H10ClFN2O2. The molecule has 2 aromatic carbocycles. The molecule has 0 saturated carbocycles. The van der Waals surface area contributed by atoms with Crippen LogP contribution in [0.4, 0.5) is 10.1 Å². The van der Waals surface area contributed by atoms with Crippen molar-refractivity contribution < 1.29 is 13.9 Å². The number of rotatable bonds is 4. The van der Waals surface area contributed by atoms with E-state index in [9.17, 15) is 9.18 Å². The molecule has 6 heteroatoms. The highest BCUT2D eigenvalue weighted by Gasteiger charge is 2.14. The van der Waals surface area contributed by atoms with Crippen LogP contribution in [0.1, 0.15) is 10.4 Å². The summed E-state index contributed by atoms with van der Waals surface area (Å²) in [5, 5.41) is 11.3. The topological polar surface area (TPSA) is 62.1 Å². The van der Waals surface area contributed by atoms with Crippen LogP contribution in [-0.4, -0.2) is 12.5 Å². The predicted octanol–water partition coefficient (Wildman–Crippen LogP) is 3.63. The molecule has 1 N–H and O–H groups in total. The first-order valence-electron chi connectivity index (χ1n) is 5.97. The lowest BCUT2D eigenvalue weighted by Crippen LogP contribution is -2.14. The Kier molecular flexibility index (Phi) is 4.75. The smallest absolute Gasteiger partial charge is 0.258 e. The van der Waals surface area contributed by atoms with Gasteiger partial charge in [-0.2, -0.15) is 5.26 Å². The SMILES string of the molecule is N#CCOc1ccccc1NC(=O)c1cc(Cl)ccc1F. The number of nitriles is 1. The van der Waals surface area contributed by atoms with Gasteiger partial charge in [0.2, 0.25) is 0 Å². The van der Waals surface area contributed by atoms with Crippen LogP contribution in [0.3, 0.4) is 0 Å². The third kappa shape index (κ3) is 3.71. The summed E-state index contributed by atoms with van der Waals surface area (Å²) in [5.74, 6) is -0.995. The fourth-order valence-corrected chi connectivity index (χ4v) is 1.84. The van der Waals surface area contributed by atoms with Gasteiger partial charge in [-0.25, -0.2) is 4.39 Å². The quantitative estimate of drug-likeness (QED) is 0.938. The van der Waals surface area contributed by atoms with Crippen molar-refractivity contribution in [1.82, 2.24) is 0 Å². The summed E-state index contributed by atoms with van der Waals surface area (Å²) in [7, 11) is 0. The van der Waals surface area contributed by atoms with Crippen LogP contribution in [0.15, 0.2) is 42.5 Å². The highest BCUT2D eigenvalue weighted by molar-refractivity contribution is 6.31. The first-order chi connectivity index (χ1) is 10.1. The van der Waals surface area contributed by atoms with Crippen molar-refractivity contribution in [3.63, 3.8) is 0 Å². The molecule has 4 nitrogen and oxygen atoms in total. The maximum absolute atomic E-state index is 13.6. The van der Waals surface area contributed by atoms with Crippen LogP contribution in [0.25, 0.3) is 0 Å². The number of halogens is 2.